The van der Waals surface area contributed by atoms with Gasteiger partial charge in [-0.25, -0.2) is 4.68 Å². The Balaban J connectivity index is 1.61. The standard InChI is InChI=1S/C25H19ClN4OS/c1-32-18-10-7-16(8-11-18)24-21-22(19-13-17(26)9-12-20(19)31-24)29-25-27-14-28-30(25)23(21)15-5-3-2-4-6-15/h2-14,23-24H,1H3,(H,27,28,29)/t23-,24-/m0/s1. The number of fused-ring (bicyclic) bond motifs is 3. The fourth-order valence-electron chi connectivity index (χ4n) is 4.45. The van der Waals surface area contributed by atoms with Crippen LogP contribution < -0.4 is 10.1 Å². The lowest BCUT2D eigenvalue weighted by Crippen LogP contribution is -2.32. The minimum Gasteiger partial charge on any atom is -0.480 e. The molecule has 0 fully saturated rings. The lowest BCUT2D eigenvalue weighted by molar-refractivity contribution is 0.223. The van der Waals surface area contributed by atoms with E-state index < -0.39 is 0 Å². The Morgan fingerprint density at radius 3 is 2.59 bits per heavy atom. The van der Waals surface area contributed by atoms with Gasteiger partial charge in [-0.3, -0.25) is 0 Å². The number of ether oxygens (including phenoxy) is 1. The van der Waals surface area contributed by atoms with E-state index in [9.17, 15) is 0 Å². The van der Waals surface area contributed by atoms with Crippen molar-refractivity contribution >= 4 is 35.0 Å². The monoisotopic (exact) mass is 458 g/mol. The summed E-state index contributed by atoms with van der Waals surface area (Å²) >= 11 is 8.11. The third kappa shape index (κ3) is 3.10. The molecule has 158 valence electrons. The van der Waals surface area contributed by atoms with Crippen LogP contribution in [0.5, 0.6) is 5.75 Å². The molecule has 3 aromatic carbocycles. The zero-order chi connectivity index (χ0) is 21.7. The van der Waals surface area contributed by atoms with Crippen molar-refractivity contribution < 1.29 is 4.74 Å². The molecule has 6 rings (SSSR count). The highest BCUT2D eigenvalue weighted by Gasteiger charge is 2.40. The molecular weight excluding hydrogens is 440 g/mol. The highest BCUT2D eigenvalue weighted by molar-refractivity contribution is 7.98. The molecule has 2 atom stereocenters. The van der Waals surface area contributed by atoms with Crippen LogP contribution in [0, 0.1) is 0 Å². The zero-order valence-electron chi connectivity index (χ0n) is 17.2. The van der Waals surface area contributed by atoms with Gasteiger partial charge in [0.05, 0.1) is 5.70 Å². The largest absolute Gasteiger partial charge is 0.480 e. The molecule has 2 aliphatic rings. The summed E-state index contributed by atoms with van der Waals surface area (Å²) in [5.74, 6) is 1.49. The molecule has 4 aromatic rings. The number of halogens is 1. The van der Waals surface area contributed by atoms with Gasteiger partial charge < -0.3 is 10.1 Å². The second-order valence-corrected chi connectivity index (χ2v) is 9.02. The predicted octanol–water partition coefficient (Wildman–Crippen LogP) is 6.21. The van der Waals surface area contributed by atoms with Gasteiger partial charge in [-0.1, -0.05) is 54.1 Å². The van der Waals surface area contributed by atoms with E-state index in [0.717, 1.165) is 33.7 Å². The first-order chi connectivity index (χ1) is 15.7. The van der Waals surface area contributed by atoms with E-state index >= 15 is 0 Å². The van der Waals surface area contributed by atoms with Crippen LogP contribution in [-0.2, 0) is 0 Å². The zero-order valence-corrected chi connectivity index (χ0v) is 18.8. The van der Waals surface area contributed by atoms with E-state index in [1.807, 2.05) is 41.1 Å². The first-order valence-electron chi connectivity index (χ1n) is 10.3. The van der Waals surface area contributed by atoms with Gasteiger partial charge in [0.25, 0.3) is 0 Å². The quantitative estimate of drug-likeness (QED) is 0.370. The fraction of sp³-hybridized carbons (Fsp3) is 0.120. The van der Waals surface area contributed by atoms with Gasteiger partial charge in [0.15, 0.2) is 0 Å². The average molecular weight is 459 g/mol. The van der Waals surface area contributed by atoms with Crippen LogP contribution in [0.4, 0.5) is 5.95 Å². The summed E-state index contributed by atoms with van der Waals surface area (Å²) in [5, 5.41) is 8.73. The summed E-state index contributed by atoms with van der Waals surface area (Å²) < 4.78 is 8.56. The van der Waals surface area contributed by atoms with E-state index in [0.29, 0.717) is 11.0 Å². The fourth-order valence-corrected chi connectivity index (χ4v) is 5.03. The third-order valence-corrected chi connectivity index (χ3v) is 6.89. The Bertz CT molecular complexity index is 1330. The maximum absolute atomic E-state index is 6.63. The molecule has 32 heavy (non-hydrogen) atoms. The van der Waals surface area contributed by atoms with Gasteiger partial charge in [-0.15, -0.1) is 11.8 Å². The Kier molecular flexibility index (Phi) is 4.70. The summed E-state index contributed by atoms with van der Waals surface area (Å²) in [6.07, 6.45) is 3.37. The van der Waals surface area contributed by atoms with Crippen molar-refractivity contribution in [1.29, 1.82) is 0 Å². The number of anilines is 1. The van der Waals surface area contributed by atoms with Crippen LogP contribution in [0.15, 0.2) is 89.6 Å². The predicted molar refractivity (Wildman–Crippen MR) is 128 cm³/mol. The van der Waals surface area contributed by atoms with Gasteiger partial charge >= 0.3 is 0 Å². The number of aromatic nitrogens is 3. The van der Waals surface area contributed by atoms with E-state index in [2.05, 4.69) is 58.1 Å². The van der Waals surface area contributed by atoms with Crippen molar-refractivity contribution in [3.8, 4) is 5.75 Å². The Hall–Kier alpha value is -3.22. The third-order valence-electron chi connectivity index (χ3n) is 5.91. The maximum Gasteiger partial charge on any atom is 0.226 e. The first kappa shape index (κ1) is 19.5. The molecule has 7 heteroatoms. The van der Waals surface area contributed by atoms with Crippen LogP contribution >= 0.6 is 23.4 Å². The lowest BCUT2D eigenvalue weighted by Gasteiger charge is -2.39. The maximum atomic E-state index is 6.63. The molecule has 3 heterocycles. The number of hydrogen-bond donors (Lipinski definition) is 1. The van der Waals surface area contributed by atoms with Crippen LogP contribution in [-0.4, -0.2) is 21.0 Å². The summed E-state index contributed by atoms with van der Waals surface area (Å²) in [6, 6.07) is 24.5. The SMILES string of the molecule is CSc1ccc([C@@H]2Oc3ccc(Cl)cc3C3=C2[C@H](c2ccccc2)n2ncnc2N3)cc1. The van der Waals surface area contributed by atoms with Gasteiger partial charge in [0.2, 0.25) is 5.95 Å². The number of rotatable bonds is 3. The lowest BCUT2D eigenvalue weighted by atomic mass is 9.84. The van der Waals surface area contributed by atoms with Crippen LogP contribution in [0.1, 0.15) is 28.8 Å². The van der Waals surface area contributed by atoms with Gasteiger partial charge in [0.1, 0.15) is 24.2 Å². The first-order valence-corrected chi connectivity index (χ1v) is 11.9. The van der Waals surface area contributed by atoms with E-state index in [1.54, 1.807) is 18.1 Å². The molecule has 0 saturated carbocycles. The van der Waals surface area contributed by atoms with Gasteiger partial charge in [-0.05, 0) is 47.7 Å². The topological polar surface area (TPSA) is 52.0 Å². The van der Waals surface area contributed by atoms with E-state index in [4.69, 9.17) is 16.3 Å². The minimum atomic E-state index is -0.287. The number of hydrogen-bond acceptors (Lipinski definition) is 5. The summed E-state index contributed by atoms with van der Waals surface area (Å²) in [6.45, 7) is 0. The van der Waals surface area contributed by atoms with Crippen molar-refractivity contribution in [2.24, 2.45) is 0 Å². The number of benzene rings is 3. The Labute approximate surface area is 195 Å². The molecule has 0 bridgehead atoms. The summed E-state index contributed by atoms with van der Waals surface area (Å²) in [5.41, 5.74) is 5.19. The van der Waals surface area contributed by atoms with E-state index in [1.165, 1.54) is 4.90 Å². The summed E-state index contributed by atoms with van der Waals surface area (Å²) in [4.78, 5) is 5.68. The van der Waals surface area contributed by atoms with Crippen molar-refractivity contribution in [3.63, 3.8) is 0 Å². The van der Waals surface area contributed by atoms with Crippen molar-refractivity contribution in [2.45, 2.75) is 17.0 Å². The number of thioether (sulfide) groups is 1. The molecule has 0 radical (unpaired) electrons. The normalized spacial score (nSPS) is 18.8. The van der Waals surface area contributed by atoms with E-state index in [-0.39, 0.29) is 12.1 Å². The Morgan fingerprint density at radius 2 is 1.81 bits per heavy atom. The van der Waals surface area contributed by atoms with Gasteiger partial charge in [0, 0.05) is 21.1 Å². The molecule has 0 saturated heterocycles. The highest BCUT2D eigenvalue weighted by atomic mass is 35.5. The molecule has 0 unspecified atom stereocenters. The minimum absolute atomic E-state index is 0.165. The second-order valence-electron chi connectivity index (χ2n) is 7.71. The van der Waals surface area contributed by atoms with Crippen molar-refractivity contribution in [2.75, 3.05) is 11.6 Å². The molecule has 2 aliphatic heterocycles. The van der Waals surface area contributed by atoms with Crippen molar-refractivity contribution in [3.05, 3.63) is 106 Å². The molecule has 1 aromatic heterocycles. The van der Waals surface area contributed by atoms with Crippen LogP contribution in [0.3, 0.4) is 0 Å². The number of nitrogens with zero attached hydrogens (tertiary/aromatic N) is 3. The molecule has 0 spiro atoms. The van der Waals surface area contributed by atoms with Gasteiger partial charge in [-0.2, -0.15) is 10.1 Å². The molecule has 5 nitrogen and oxygen atoms in total. The van der Waals surface area contributed by atoms with Crippen LogP contribution in [0.25, 0.3) is 5.70 Å². The summed E-state index contributed by atoms with van der Waals surface area (Å²) in [7, 11) is 0. The smallest absolute Gasteiger partial charge is 0.226 e. The molecule has 0 aliphatic carbocycles. The second kappa shape index (κ2) is 7.73. The molecule has 0 amide bonds. The average Bonchev–Trinajstić information content (AvgIpc) is 3.31. The highest BCUT2D eigenvalue weighted by Crippen LogP contribution is 2.51. The molecule has 1 N–H and O–H groups in total. The van der Waals surface area contributed by atoms with Crippen LogP contribution in [0.2, 0.25) is 5.02 Å². The molecular formula is C25H19ClN4OS. The number of nitrogens with one attached hydrogen (secondary N) is 1. The Morgan fingerprint density at radius 1 is 1.00 bits per heavy atom. The van der Waals surface area contributed by atoms with Crippen molar-refractivity contribution in [1.82, 2.24) is 14.8 Å².